The van der Waals surface area contributed by atoms with E-state index in [1.807, 2.05) is 31.4 Å². The largest absolute Gasteiger partial charge is 0.497 e. The smallest absolute Gasteiger partial charge is 0.248 e. The molecule has 0 bridgehead atoms. The van der Waals surface area contributed by atoms with Crippen LogP contribution in [0, 0.1) is 6.92 Å². The molecule has 0 saturated carbocycles. The van der Waals surface area contributed by atoms with E-state index in [1.165, 1.54) is 11.3 Å². The summed E-state index contributed by atoms with van der Waals surface area (Å²) < 4.78 is 10.5. The first-order valence-electron chi connectivity index (χ1n) is 7.29. The zero-order valence-corrected chi connectivity index (χ0v) is 14.5. The number of methoxy groups -OCH3 is 2. The molecule has 2 aromatic rings. The molecule has 0 unspecified atom stereocenters. The highest BCUT2D eigenvalue weighted by molar-refractivity contribution is 7.13. The summed E-state index contributed by atoms with van der Waals surface area (Å²) >= 11 is 1.41. The van der Waals surface area contributed by atoms with Crippen molar-refractivity contribution in [3.63, 3.8) is 0 Å². The van der Waals surface area contributed by atoms with E-state index in [9.17, 15) is 4.79 Å². The molecule has 1 atom stereocenters. The molecule has 23 heavy (non-hydrogen) atoms. The summed E-state index contributed by atoms with van der Waals surface area (Å²) in [6.45, 7) is 3.84. The molecule has 1 aromatic carbocycles. The van der Waals surface area contributed by atoms with Gasteiger partial charge < -0.3 is 20.1 Å². The summed E-state index contributed by atoms with van der Waals surface area (Å²) in [6, 6.07) is 5.04. The molecule has 0 aliphatic carbocycles. The third-order valence-electron chi connectivity index (χ3n) is 3.31. The zero-order chi connectivity index (χ0) is 16.8. The van der Waals surface area contributed by atoms with Gasteiger partial charge in [0.1, 0.15) is 17.5 Å². The molecule has 1 heterocycles. The van der Waals surface area contributed by atoms with Crippen molar-refractivity contribution in [1.82, 2.24) is 4.98 Å². The minimum Gasteiger partial charge on any atom is -0.497 e. The third kappa shape index (κ3) is 4.35. The number of benzene rings is 1. The first kappa shape index (κ1) is 17.1. The van der Waals surface area contributed by atoms with E-state index in [4.69, 9.17) is 9.47 Å². The van der Waals surface area contributed by atoms with E-state index in [0.29, 0.717) is 23.1 Å². The van der Waals surface area contributed by atoms with Gasteiger partial charge in [0.2, 0.25) is 5.91 Å². The molecular formula is C16H21N3O3S. The van der Waals surface area contributed by atoms with E-state index in [0.717, 1.165) is 11.4 Å². The van der Waals surface area contributed by atoms with Crippen LogP contribution in [0.1, 0.15) is 19.0 Å². The topological polar surface area (TPSA) is 72.5 Å². The van der Waals surface area contributed by atoms with Crippen LogP contribution in [-0.4, -0.2) is 31.2 Å². The Bertz CT molecular complexity index is 672. The molecule has 0 radical (unpaired) electrons. The van der Waals surface area contributed by atoms with Crippen molar-refractivity contribution in [2.45, 2.75) is 26.3 Å². The molecule has 124 valence electrons. The van der Waals surface area contributed by atoms with E-state index >= 15 is 0 Å². The van der Waals surface area contributed by atoms with Gasteiger partial charge in [-0.25, -0.2) is 4.98 Å². The third-order valence-corrected chi connectivity index (χ3v) is 4.19. The Kier molecular flexibility index (Phi) is 5.81. The summed E-state index contributed by atoms with van der Waals surface area (Å²) in [4.78, 5) is 16.7. The van der Waals surface area contributed by atoms with E-state index in [2.05, 4.69) is 15.6 Å². The number of amides is 1. The number of carbonyl (C=O) groups is 1. The molecule has 0 spiro atoms. The SMILES string of the molecule is CC[C@@H](Nc1ccc(OC)cc1OC)C(=O)Nc1nc(C)cs1. The van der Waals surface area contributed by atoms with Gasteiger partial charge in [-0.15, -0.1) is 11.3 Å². The standard InChI is InChI=1S/C16H21N3O3S/c1-5-12(15(20)19-16-17-10(2)9-23-16)18-13-7-6-11(21-3)8-14(13)22-4/h6-9,12,18H,5H2,1-4H3,(H,17,19,20)/t12-/m1/s1. The maximum atomic E-state index is 12.4. The first-order valence-corrected chi connectivity index (χ1v) is 8.16. The first-order chi connectivity index (χ1) is 11.1. The number of ether oxygens (including phenoxy) is 2. The number of hydrogen-bond donors (Lipinski definition) is 2. The van der Waals surface area contributed by atoms with Crippen LogP contribution in [0.3, 0.4) is 0 Å². The second kappa shape index (κ2) is 7.82. The van der Waals surface area contributed by atoms with Crippen LogP contribution in [0.25, 0.3) is 0 Å². The molecular weight excluding hydrogens is 314 g/mol. The second-order valence-electron chi connectivity index (χ2n) is 4.95. The van der Waals surface area contributed by atoms with Gasteiger partial charge in [0.05, 0.1) is 25.6 Å². The lowest BCUT2D eigenvalue weighted by atomic mass is 10.2. The molecule has 1 amide bonds. The summed E-state index contributed by atoms with van der Waals surface area (Å²) in [7, 11) is 3.18. The van der Waals surface area contributed by atoms with Gasteiger partial charge in [0.25, 0.3) is 0 Å². The minimum absolute atomic E-state index is 0.125. The van der Waals surface area contributed by atoms with Crippen LogP contribution in [0.2, 0.25) is 0 Å². The number of hydrogen-bond acceptors (Lipinski definition) is 6. The van der Waals surface area contributed by atoms with Gasteiger partial charge in [-0.3, -0.25) is 4.79 Å². The Hall–Kier alpha value is -2.28. The van der Waals surface area contributed by atoms with Crippen LogP contribution in [-0.2, 0) is 4.79 Å². The van der Waals surface area contributed by atoms with Gasteiger partial charge in [0, 0.05) is 11.4 Å². The Morgan fingerprint density at radius 3 is 2.70 bits per heavy atom. The summed E-state index contributed by atoms with van der Waals surface area (Å²) in [5, 5.41) is 8.55. The molecule has 1 aromatic heterocycles. The molecule has 0 aliphatic rings. The van der Waals surface area contributed by atoms with Crippen molar-refractivity contribution in [2.75, 3.05) is 24.9 Å². The summed E-state index contributed by atoms with van der Waals surface area (Å²) in [5.74, 6) is 1.20. The molecule has 2 rings (SSSR count). The van der Waals surface area contributed by atoms with Gasteiger partial charge in [-0.1, -0.05) is 6.92 Å². The number of aromatic nitrogens is 1. The van der Waals surface area contributed by atoms with Crippen molar-refractivity contribution in [3.8, 4) is 11.5 Å². The van der Waals surface area contributed by atoms with Crippen molar-refractivity contribution in [2.24, 2.45) is 0 Å². The summed E-state index contributed by atoms with van der Waals surface area (Å²) in [5.41, 5.74) is 1.63. The average molecular weight is 335 g/mol. The predicted molar refractivity (Wildman–Crippen MR) is 92.7 cm³/mol. The number of carbonyl (C=O) groups excluding carboxylic acids is 1. The molecule has 2 N–H and O–H groups in total. The number of aryl methyl sites for hydroxylation is 1. The monoisotopic (exact) mass is 335 g/mol. The molecule has 6 nitrogen and oxygen atoms in total. The quantitative estimate of drug-likeness (QED) is 0.812. The lowest BCUT2D eigenvalue weighted by molar-refractivity contribution is -0.116. The van der Waals surface area contributed by atoms with Crippen molar-refractivity contribution >= 4 is 28.1 Å². The number of thiazole rings is 1. The second-order valence-corrected chi connectivity index (χ2v) is 5.81. The molecule has 0 fully saturated rings. The summed E-state index contributed by atoms with van der Waals surface area (Å²) in [6.07, 6.45) is 0.630. The molecule has 0 aliphatic heterocycles. The predicted octanol–water partition coefficient (Wildman–Crippen LogP) is 3.30. The Balaban J connectivity index is 2.10. The minimum atomic E-state index is -0.387. The average Bonchev–Trinajstić information content (AvgIpc) is 2.97. The van der Waals surface area contributed by atoms with Gasteiger partial charge >= 0.3 is 0 Å². The highest BCUT2D eigenvalue weighted by atomic mass is 32.1. The van der Waals surface area contributed by atoms with Crippen LogP contribution in [0.5, 0.6) is 11.5 Å². The van der Waals surface area contributed by atoms with Gasteiger partial charge in [-0.2, -0.15) is 0 Å². The fraction of sp³-hybridized carbons (Fsp3) is 0.375. The normalized spacial score (nSPS) is 11.7. The number of anilines is 2. The lowest BCUT2D eigenvalue weighted by Crippen LogP contribution is -2.34. The fourth-order valence-corrected chi connectivity index (χ4v) is 2.75. The van der Waals surface area contributed by atoms with E-state index in [-0.39, 0.29) is 11.9 Å². The Morgan fingerprint density at radius 2 is 2.13 bits per heavy atom. The maximum absolute atomic E-state index is 12.4. The van der Waals surface area contributed by atoms with Crippen LogP contribution >= 0.6 is 11.3 Å². The molecule has 7 heteroatoms. The number of rotatable bonds is 7. The maximum Gasteiger partial charge on any atom is 0.248 e. The van der Waals surface area contributed by atoms with Crippen LogP contribution in [0.4, 0.5) is 10.8 Å². The lowest BCUT2D eigenvalue weighted by Gasteiger charge is -2.19. The van der Waals surface area contributed by atoms with Crippen molar-refractivity contribution in [1.29, 1.82) is 0 Å². The van der Waals surface area contributed by atoms with Crippen molar-refractivity contribution in [3.05, 3.63) is 29.3 Å². The molecule has 0 saturated heterocycles. The van der Waals surface area contributed by atoms with Crippen LogP contribution < -0.4 is 20.1 Å². The van der Waals surface area contributed by atoms with Gasteiger partial charge in [-0.05, 0) is 25.5 Å². The van der Waals surface area contributed by atoms with E-state index < -0.39 is 0 Å². The highest BCUT2D eigenvalue weighted by Gasteiger charge is 2.19. The van der Waals surface area contributed by atoms with Gasteiger partial charge in [0.15, 0.2) is 5.13 Å². The highest BCUT2D eigenvalue weighted by Crippen LogP contribution is 2.30. The Labute approximate surface area is 139 Å². The van der Waals surface area contributed by atoms with Crippen molar-refractivity contribution < 1.29 is 14.3 Å². The number of nitrogens with zero attached hydrogens (tertiary/aromatic N) is 1. The van der Waals surface area contributed by atoms with E-state index in [1.54, 1.807) is 20.3 Å². The Morgan fingerprint density at radius 1 is 1.35 bits per heavy atom. The fourth-order valence-electron chi connectivity index (χ4n) is 2.06. The zero-order valence-electron chi connectivity index (χ0n) is 13.7. The van der Waals surface area contributed by atoms with Crippen LogP contribution in [0.15, 0.2) is 23.6 Å². The number of nitrogens with one attached hydrogen (secondary N) is 2.